The summed E-state index contributed by atoms with van der Waals surface area (Å²) in [6.45, 7) is 1.80. The monoisotopic (exact) mass is 357 g/mol. The van der Waals surface area contributed by atoms with Crippen molar-refractivity contribution in [1.82, 2.24) is 14.9 Å². The molecule has 3 aromatic heterocycles. The van der Waals surface area contributed by atoms with Gasteiger partial charge in [-0.15, -0.1) is 11.3 Å². The molecule has 1 atom stereocenters. The van der Waals surface area contributed by atoms with E-state index in [2.05, 4.69) is 10.3 Å². The van der Waals surface area contributed by atoms with Crippen LogP contribution < -0.4 is 10.9 Å². The summed E-state index contributed by atoms with van der Waals surface area (Å²) in [7, 11) is 0. The first-order valence-corrected chi connectivity index (χ1v) is 9.27. The molecule has 0 fully saturated rings. The largest absolute Gasteiger partial charge is 0.467 e. The number of furan rings is 1. The third-order valence-corrected chi connectivity index (χ3v) is 5.80. The van der Waals surface area contributed by atoms with E-state index in [1.807, 2.05) is 13.0 Å². The van der Waals surface area contributed by atoms with Gasteiger partial charge < -0.3 is 9.73 Å². The number of aromatic nitrogens is 2. The van der Waals surface area contributed by atoms with E-state index in [-0.39, 0.29) is 24.1 Å². The first kappa shape index (κ1) is 16.1. The van der Waals surface area contributed by atoms with Crippen molar-refractivity contribution in [3.63, 3.8) is 0 Å². The molecule has 0 aliphatic heterocycles. The molecule has 7 heteroatoms. The Bertz CT molecular complexity index is 972. The van der Waals surface area contributed by atoms with Crippen LogP contribution in [0.1, 0.15) is 42.0 Å². The Labute approximate surface area is 148 Å². The molecule has 0 saturated heterocycles. The Morgan fingerprint density at radius 2 is 2.28 bits per heavy atom. The van der Waals surface area contributed by atoms with Gasteiger partial charge in [-0.3, -0.25) is 14.2 Å². The van der Waals surface area contributed by atoms with Crippen LogP contribution in [0.15, 0.2) is 33.9 Å². The van der Waals surface area contributed by atoms with Crippen molar-refractivity contribution >= 4 is 27.5 Å². The number of aryl methyl sites for hydroxylation is 2. The third kappa shape index (κ3) is 3.00. The normalized spacial score (nSPS) is 15.1. The van der Waals surface area contributed by atoms with E-state index in [1.54, 1.807) is 23.7 Å². The van der Waals surface area contributed by atoms with Crippen molar-refractivity contribution < 1.29 is 9.21 Å². The maximum atomic E-state index is 12.8. The Morgan fingerprint density at radius 1 is 1.44 bits per heavy atom. The second kappa shape index (κ2) is 6.48. The highest BCUT2D eigenvalue weighted by Gasteiger charge is 2.21. The molecule has 4 rings (SSSR count). The van der Waals surface area contributed by atoms with Crippen LogP contribution in [0.3, 0.4) is 0 Å². The molecule has 25 heavy (non-hydrogen) atoms. The fourth-order valence-corrected chi connectivity index (χ4v) is 4.56. The summed E-state index contributed by atoms with van der Waals surface area (Å²) in [5, 5.41) is 3.55. The van der Waals surface area contributed by atoms with Crippen LogP contribution in [0, 0.1) is 0 Å². The number of fused-ring (bicyclic) bond motifs is 3. The van der Waals surface area contributed by atoms with Crippen LogP contribution in [0.2, 0.25) is 0 Å². The second-order valence-corrected chi connectivity index (χ2v) is 7.46. The van der Waals surface area contributed by atoms with Crippen molar-refractivity contribution in [3.05, 3.63) is 51.3 Å². The lowest BCUT2D eigenvalue weighted by Crippen LogP contribution is -2.33. The summed E-state index contributed by atoms with van der Waals surface area (Å²) >= 11 is 1.61. The molecule has 0 unspecified atom stereocenters. The molecule has 0 spiro atoms. The lowest BCUT2D eigenvalue weighted by atomic mass is 9.97. The Morgan fingerprint density at radius 3 is 3.08 bits per heavy atom. The molecule has 3 heterocycles. The number of amides is 1. The standard InChI is InChI=1S/C18H19N3O3S/c1-11(13-6-4-8-24-13)20-15(22)9-21-10-19-17-16(18(21)23)12-5-2-3-7-14(12)25-17/h4,6,8,10-11H,2-3,5,7,9H2,1H3,(H,20,22)/t11-/m1/s1. The van der Waals surface area contributed by atoms with Crippen molar-refractivity contribution in [2.45, 2.75) is 45.2 Å². The number of hydrogen-bond donors (Lipinski definition) is 1. The van der Waals surface area contributed by atoms with Crippen molar-refractivity contribution in [1.29, 1.82) is 0 Å². The van der Waals surface area contributed by atoms with Crippen molar-refractivity contribution in [2.75, 3.05) is 0 Å². The van der Waals surface area contributed by atoms with Gasteiger partial charge in [-0.2, -0.15) is 0 Å². The second-order valence-electron chi connectivity index (χ2n) is 6.37. The summed E-state index contributed by atoms with van der Waals surface area (Å²) < 4.78 is 6.68. The lowest BCUT2D eigenvalue weighted by Gasteiger charge is -2.13. The topological polar surface area (TPSA) is 77.1 Å². The lowest BCUT2D eigenvalue weighted by molar-refractivity contribution is -0.122. The van der Waals surface area contributed by atoms with Crippen LogP contribution in [0.5, 0.6) is 0 Å². The molecule has 1 aliphatic rings. The van der Waals surface area contributed by atoms with E-state index in [9.17, 15) is 9.59 Å². The smallest absolute Gasteiger partial charge is 0.262 e. The van der Waals surface area contributed by atoms with Gasteiger partial charge in [-0.1, -0.05) is 0 Å². The zero-order chi connectivity index (χ0) is 17.4. The predicted octanol–water partition coefficient (Wildman–Crippen LogP) is 2.81. The minimum absolute atomic E-state index is 0.0442. The van der Waals surface area contributed by atoms with E-state index in [4.69, 9.17) is 4.42 Å². The highest BCUT2D eigenvalue weighted by Crippen LogP contribution is 2.33. The molecule has 130 valence electrons. The minimum atomic E-state index is -0.246. The molecule has 0 bridgehead atoms. The number of carbonyl (C=O) groups is 1. The van der Waals surface area contributed by atoms with Gasteiger partial charge in [0.25, 0.3) is 5.56 Å². The van der Waals surface area contributed by atoms with Crippen LogP contribution in [-0.4, -0.2) is 15.5 Å². The predicted molar refractivity (Wildman–Crippen MR) is 95.8 cm³/mol. The van der Waals surface area contributed by atoms with Crippen LogP contribution in [-0.2, 0) is 24.2 Å². The first-order valence-electron chi connectivity index (χ1n) is 8.46. The van der Waals surface area contributed by atoms with Gasteiger partial charge in [0.05, 0.1) is 24.0 Å². The average Bonchev–Trinajstić information content (AvgIpc) is 3.24. The van der Waals surface area contributed by atoms with Gasteiger partial charge in [-0.25, -0.2) is 4.98 Å². The van der Waals surface area contributed by atoms with Gasteiger partial charge in [0, 0.05) is 4.88 Å². The zero-order valence-corrected chi connectivity index (χ0v) is 14.8. The van der Waals surface area contributed by atoms with Gasteiger partial charge in [0.2, 0.25) is 5.91 Å². The van der Waals surface area contributed by atoms with E-state index in [1.165, 1.54) is 22.2 Å². The minimum Gasteiger partial charge on any atom is -0.467 e. The number of thiophene rings is 1. The van der Waals surface area contributed by atoms with E-state index >= 15 is 0 Å². The maximum absolute atomic E-state index is 12.8. The van der Waals surface area contributed by atoms with Gasteiger partial charge >= 0.3 is 0 Å². The van der Waals surface area contributed by atoms with Gasteiger partial charge in [0.1, 0.15) is 17.1 Å². The first-order chi connectivity index (χ1) is 12.1. The molecule has 1 N–H and O–H groups in total. The highest BCUT2D eigenvalue weighted by molar-refractivity contribution is 7.18. The molecular formula is C18H19N3O3S. The van der Waals surface area contributed by atoms with Crippen molar-refractivity contribution in [3.8, 4) is 0 Å². The van der Waals surface area contributed by atoms with Crippen LogP contribution in [0.4, 0.5) is 0 Å². The maximum Gasteiger partial charge on any atom is 0.262 e. The molecule has 0 aromatic carbocycles. The molecule has 0 saturated carbocycles. The molecule has 1 aliphatic carbocycles. The molecule has 6 nitrogen and oxygen atoms in total. The number of rotatable bonds is 4. The van der Waals surface area contributed by atoms with Crippen LogP contribution >= 0.6 is 11.3 Å². The number of hydrogen-bond acceptors (Lipinski definition) is 5. The average molecular weight is 357 g/mol. The quantitative estimate of drug-likeness (QED) is 0.779. The molecule has 0 radical (unpaired) electrons. The summed E-state index contributed by atoms with van der Waals surface area (Å²) in [5.41, 5.74) is 1.02. The van der Waals surface area contributed by atoms with E-state index < -0.39 is 0 Å². The Kier molecular flexibility index (Phi) is 4.17. The zero-order valence-electron chi connectivity index (χ0n) is 13.9. The highest BCUT2D eigenvalue weighted by atomic mass is 32.1. The SMILES string of the molecule is C[C@@H](NC(=O)Cn1cnc2sc3c(c2c1=O)CCCC3)c1ccco1. The van der Waals surface area contributed by atoms with Crippen molar-refractivity contribution in [2.24, 2.45) is 0 Å². The number of carbonyl (C=O) groups excluding carboxylic acids is 1. The third-order valence-electron chi connectivity index (χ3n) is 4.60. The number of nitrogens with one attached hydrogen (secondary N) is 1. The fraction of sp³-hybridized carbons (Fsp3) is 0.389. The Hall–Kier alpha value is -2.41. The van der Waals surface area contributed by atoms with Gasteiger partial charge in [-0.05, 0) is 50.3 Å². The van der Waals surface area contributed by atoms with Crippen LogP contribution in [0.25, 0.3) is 10.2 Å². The Balaban J connectivity index is 1.58. The summed E-state index contributed by atoms with van der Waals surface area (Å²) in [4.78, 5) is 31.6. The molecular weight excluding hydrogens is 338 g/mol. The van der Waals surface area contributed by atoms with Gasteiger partial charge in [0.15, 0.2) is 0 Å². The summed E-state index contributed by atoms with van der Waals surface area (Å²) in [5.74, 6) is 0.442. The molecule has 1 amide bonds. The van der Waals surface area contributed by atoms with E-state index in [0.717, 1.165) is 29.7 Å². The number of nitrogens with zero attached hydrogens (tertiary/aromatic N) is 2. The summed E-state index contributed by atoms with van der Waals surface area (Å²) in [6, 6.07) is 3.34. The fourth-order valence-electron chi connectivity index (χ4n) is 3.34. The molecule has 3 aromatic rings. The summed E-state index contributed by atoms with van der Waals surface area (Å²) in [6.07, 6.45) is 7.27. The van der Waals surface area contributed by atoms with E-state index in [0.29, 0.717) is 11.1 Å².